The van der Waals surface area contributed by atoms with Gasteiger partial charge in [-0.25, -0.2) is 0 Å². The summed E-state index contributed by atoms with van der Waals surface area (Å²) in [5, 5.41) is 0. The summed E-state index contributed by atoms with van der Waals surface area (Å²) >= 11 is 1.62. The summed E-state index contributed by atoms with van der Waals surface area (Å²) in [5.41, 5.74) is 1.77. The Hall–Kier alpha value is -2.58. The first-order chi connectivity index (χ1) is 15.4. The van der Waals surface area contributed by atoms with E-state index in [1.807, 2.05) is 36.9 Å². The van der Waals surface area contributed by atoms with Crippen LogP contribution in [0.15, 0.2) is 18.2 Å². The Morgan fingerprint density at radius 1 is 0.938 bits per heavy atom. The molecule has 0 radical (unpaired) electrons. The van der Waals surface area contributed by atoms with Crippen molar-refractivity contribution in [3.8, 4) is 17.2 Å². The van der Waals surface area contributed by atoms with Gasteiger partial charge in [-0.1, -0.05) is 6.07 Å². The SMILES string of the molecule is COc1ccc(CN2CCN(C(=O)CCC(=O)c3cc(C)sc3C)CC2)c(OC)c1OC. The third kappa shape index (κ3) is 5.42. The molecule has 3 rings (SSSR count). The first-order valence-corrected chi connectivity index (χ1v) is 11.6. The Morgan fingerprint density at radius 2 is 1.62 bits per heavy atom. The van der Waals surface area contributed by atoms with Gasteiger partial charge in [-0.3, -0.25) is 14.5 Å². The highest BCUT2D eigenvalue weighted by Crippen LogP contribution is 2.40. The van der Waals surface area contributed by atoms with Gasteiger partial charge in [0.25, 0.3) is 0 Å². The summed E-state index contributed by atoms with van der Waals surface area (Å²) in [6.45, 7) is 7.48. The maximum absolute atomic E-state index is 12.7. The van der Waals surface area contributed by atoms with E-state index in [1.165, 1.54) is 0 Å². The summed E-state index contributed by atoms with van der Waals surface area (Å²) in [6, 6.07) is 5.79. The van der Waals surface area contributed by atoms with E-state index in [1.54, 1.807) is 32.7 Å². The van der Waals surface area contributed by atoms with Crippen molar-refractivity contribution in [2.45, 2.75) is 33.2 Å². The second kappa shape index (κ2) is 10.8. The maximum atomic E-state index is 12.7. The van der Waals surface area contributed by atoms with Crippen molar-refractivity contribution in [1.82, 2.24) is 9.80 Å². The molecule has 0 spiro atoms. The highest BCUT2D eigenvalue weighted by molar-refractivity contribution is 7.12. The van der Waals surface area contributed by atoms with Gasteiger partial charge in [0.1, 0.15) is 0 Å². The summed E-state index contributed by atoms with van der Waals surface area (Å²) in [5.74, 6) is 1.99. The fourth-order valence-electron chi connectivity index (χ4n) is 4.10. The molecule has 0 N–H and O–H groups in total. The summed E-state index contributed by atoms with van der Waals surface area (Å²) in [4.78, 5) is 31.4. The molecule has 1 saturated heterocycles. The third-order valence-corrected chi connectivity index (χ3v) is 6.78. The molecule has 0 unspecified atom stereocenters. The van der Waals surface area contributed by atoms with E-state index >= 15 is 0 Å². The highest BCUT2D eigenvalue weighted by atomic mass is 32.1. The molecule has 1 fully saturated rings. The molecule has 7 nitrogen and oxygen atoms in total. The molecule has 1 aliphatic rings. The number of benzene rings is 1. The number of aryl methyl sites for hydroxylation is 2. The smallest absolute Gasteiger partial charge is 0.223 e. The van der Waals surface area contributed by atoms with Crippen molar-refractivity contribution in [3.63, 3.8) is 0 Å². The van der Waals surface area contributed by atoms with Crippen LogP contribution in [0.4, 0.5) is 0 Å². The number of ketones is 1. The van der Waals surface area contributed by atoms with Crippen molar-refractivity contribution in [1.29, 1.82) is 0 Å². The number of carbonyl (C=O) groups excluding carboxylic acids is 2. The number of carbonyl (C=O) groups is 2. The highest BCUT2D eigenvalue weighted by Gasteiger charge is 2.24. The Kier molecular flexibility index (Phi) is 8.15. The molecule has 0 atom stereocenters. The quantitative estimate of drug-likeness (QED) is 0.532. The Labute approximate surface area is 193 Å². The number of piperazine rings is 1. The maximum Gasteiger partial charge on any atom is 0.223 e. The normalized spacial score (nSPS) is 14.3. The minimum atomic E-state index is 0.0475. The number of rotatable bonds is 9. The minimum Gasteiger partial charge on any atom is -0.493 e. The molecule has 1 aliphatic heterocycles. The molecule has 32 heavy (non-hydrogen) atoms. The van der Waals surface area contributed by atoms with E-state index in [0.717, 1.165) is 34.0 Å². The van der Waals surface area contributed by atoms with Gasteiger partial charge in [0.2, 0.25) is 11.7 Å². The molecular formula is C24H32N2O5S. The van der Waals surface area contributed by atoms with E-state index in [0.29, 0.717) is 36.9 Å². The van der Waals surface area contributed by atoms with Crippen molar-refractivity contribution < 1.29 is 23.8 Å². The molecule has 174 valence electrons. The number of methoxy groups -OCH3 is 3. The standard InChI is InChI=1S/C24H32N2O5S/c1-16-14-19(17(2)32-16)20(27)7-9-22(28)26-12-10-25(11-13-26)15-18-6-8-21(29-3)24(31-5)23(18)30-4/h6,8,14H,7,9-13,15H2,1-5H3. The second-order valence-electron chi connectivity index (χ2n) is 7.90. The third-order valence-electron chi connectivity index (χ3n) is 5.81. The molecule has 0 aliphatic carbocycles. The van der Waals surface area contributed by atoms with Gasteiger partial charge in [0.05, 0.1) is 21.3 Å². The summed E-state index contributed by atoms with van der Waals surface area (Å²) in [6.07, 6.45) is 0.523. The summed E-state index contributed by atoms with van der Waals surface area (Å²) < 4.78 is 16.4. The van der Waals surface area contributed by atoms with E-state index < -0.39 is 0 Å². The van der Waals surface area contributed by atoms with E-state index in [9.17, 15) is 9.59 Å². The molecule has 2 aromatic rings. The molecule has 2 heterocycles. The number of nitrogens with zero attached hydrogens (tertiary/aromatic N) is 2. The van der Waals surface area contributed by atoms with E-state index in [4.69, 9.17) is 14.2 Å². The van der Waals surface area contributed by atoms with Crippen molar-refractivity contribution in [2.75, 3.05) is 47.5 Å². The van der Waals surface area contributed by atoms with Crippen LogP contribution < -0.4 is 14.2 Å². The van der Waals surface area contributed by atoms with Crippen molar-refractivity contribution >= 4 is 23.0 Å². The Bertz CT molecular complexity index is 964. The molecule has 1 aromatic heterocycles. The van der Waals surface area contributed by atoms with Crippen LogP contribution in [-0.2, 0) is 11.3 Å². The number of thiophene rings is 1. The molecule has 0 saturated carbocycles. The lowest BCUT2D eigenvalue weighted by Crippen LogP contribution is -2.48. The van der Waals surface area contributed by atoms with Crippen LogP contribution >= 0.6 is 11.3 Å². The monoisotopic (exact) mass is 460 g/mol. The zero-order chi connectivity index (χ0) is 23.3. The van der Waals surface area contributed by atoms with Crippen molar-refractivity contribution in [2.24, 2.45) is 0 Å². The first kappa shape index (κ1) is 24.1. The summed E-state index contributed by atoms with van der Waals surface area (Å²) in [7, 11) is 4.82. The predicted octanol–water partition coefficient (Wildman–Crippen LogP) is 3.70. The topological polar surface area (TPSA) is 68.3 Å². The van der Waals surface area contributed by atoms with Crippen LogP contribution in [-0.4, -0.2) is 69.0 Å². The van der Waals surface area contributed by atoms with Crippen LogP contribution in [0, 0.1) is 13.8 Å². The number of Topliss-reactive ketones (excluding diaryl/α,β-unsaturated/α-hetero) is 1. The lowest BCUT2D eigenvalue weighted by Gasteiger charge is -2.35. The molecule has 8 heteroatoms. The van der Waals surface area contributed by atoms with Gasteiger partial charge in [-0.2, -0.15) is 0 Å². The van der Waals surface area contributed by atoms with Gasteiger partial charge in [0.15, 0.2) is 17.3 Å². The second-order valence-corrected chi connectivity index (χ2v) is 9.36. The van der Waals surface area contributed by atoms with Gasteiger partial charge >= 0.3 is 0 Å². The average molecular weight is 461 g/mol. The van der Waals surface area contributed by atoms with Gasteiger partial charge < -0.3 is 19.1 Å². The van der Waals surface area contributed by atoms with Crippen LogP contribution in [0.25, 0.3) is 0 Å². The molecular weight excluding hydrogens is 428 g/mol. The fraction of sp³-hybridized carbons (Fsp3) is 0.500. The average Bonchev–Trinajstić information content (AvgIpc) is 3.15. The van der Waals surface area contributed by atoms with Gasteiger partial charge in [0, 0.05) is 66.4 Å². The fourth-order valence-corrected chi connectivity index (χ4v) is 5.05. The lowest BCUT2D eigenvalue weighted by atomic mass is 10.1. The van der Waals surface area contributed by atoms with Crippen LogP contribution in [0.3, 0.4) is 0 Å². The van der Waals surface area contributed by atoms with Gasteiger partial charge in [-0.05, 0) is 26.0 Å². The zero-order valence-electron chi connectivity index (χ0n) is 19.5. The first-order valence-electron chi connectivity index (χ1n) is 10.8. The van der Waals surface area contributed by atoms with Crippen LogP contribution in [0.2, 0.25) is 0 Å². The number of hydrogen-bond acceptors (Lipinski definition) is 7. The number of hydrogen-bond donors (Lipinski definition) is 0. The van der Waals surface area contributed by atoms with Gasteiger partial charge in [-0.15, -0.1) is 11.3 Å². The minimum absolute atomic E-state index is 0.0475. The molecule has 0 bridgehead atoms. The van der Waals surface area contributed by atoms with Crippen LogP contribution in [0.5, 0.6) is 17.2 Å². The lowest BCUT2D eigenvalue weighted by molar-refractivity contribution is -0.133. The van der Waals surface area contributed by atoms with E-state index in [-0.39, 0.29) is 24.5 Å². The molecule has 1 amide bonds. The van der Waals surface area contributed by atoms with Crippen molar-refractivity contribution in [3.05, 3.63) is 39.1 Å². The predicted molar refractivity (Wildman–Crippen MR) is 125 cm³/mol. The number of amides is 1. The number of ether oxygens (including phenoxy) is 3. The Morgan fingerprint density at radius 3 is 2.19 bits per heavy atom. The van der Waals surface area contributed by atoms with E-state index in [2.05, 4.69) is 4.90 Å². The van der Waals surface area contributed by atoms with Crippen LogP contribution in [0.1, 0.15) is 38.5 Å². The molecule has 1 aromatic carbocycles. The Balaban J connectivity index is 1.52. The zero-order valence-corrected chi connectivity index (χ0v) is 20.3. The largest absolute Gasteiger partial charge is 0.493 e.